The maximum Gasteiger partial charge on any atom is 0.270 e. The van der Waals surface area contributed by atoms with Crippen molar-refractivity contribution >= 4 is 11.6 Å². The number of hydrogen-bond acceptors (Lipinski definition) is 4. The molecule has 0 aliphatic carbocycles. The quantitative estimate of drug-likeness (QED) is 0.895. The number of halogens is 1. The van der Waals surface area contributed by atoms with Gasteiger partial charge in [0, 0.05) is 17.6 Å². The van der Waals surface area contributed by atoms with Crippen LogP contribution < -0.4 is 16.0 Å². The lowest BCUT2D eigenvalue weighted by molar-refractivity contribution is 0.324. The summed E-state index contributed by atoms with van der Waals surface area (Å²) in [5.41, 5.74) is 5.92. The second-order valence-electron chi connectivity index (χ2n) is 3.92. The Labute approximate surface area is 115 Å². The Kier molecular flexibility index (Phi) is 4.54. The summed E-state index contributed by atoms with van der Waals surface area (Å²) in [4.78, 5) is 11.9. The third-order valence-electron chi connectivity index (χ3n) is 2.51. The lowest BCUT2D eigenvalue weighted by Gasteiger charge is -2.08. The Balaban J connectivity index is 2.18. The molecule has 0 aliphatic heterocycles. The molecule has 0 atom stereocenters. The van der Waals surface area contributed by atoms with E-state index < -0.39 is 0 Å². The molecular weight excluding hydrogens is 266 g/mol. The minimum absolute atomic E-state index is 0.241. The normalized spacial score (nSPS) is 10.4. The predicted octanol–water partition coefficient (Wildman–Crippen LogP) is 1.28. The highest BCUT2D eigenvalue weighted by atomic mass is 35.5. The second kappa shape index (κ2) is 6.36. The number of benzene rings is 1. The van der Waals surface area contributed by atoms with Crippen LogP contribution in [0, 0.1) is 0 Å². The van der Waals surface area contributed by atoms with Gasteiger partial charge in [-0.25, -0.2) is 4.68 Å². The summed E-state index contributed by atoms with van der Waals surface area (Å²) in [5, 5.41) is 4.66. The van der Waals surface area contributed by atoms with E-state index in [1.165, 1.54) is 16.9 Å². The van der Waals surface area contributed by atoms with Crippen molar-refractivity contribution in [3.8, 4) is 5.75 Å². The lowest BCUT2D eigenvalue weighted by atomic mass is 10.2. The Morgan fingerprint density at radius 2 is 2.16 bits per heavy atom. The van der Waals surface area contributed by atoms with Crippen LogP contribution in [0.1, 0.15) is 5.56 Å². The summed E-state index contributed by atoms with van der Waals surface area (Å²) in [6.45, 7) is 1.08. The summed E-state index contributed by atoms with van der Waals surface area (Å²) in [6.07, 6.45) is 1.49. The molecule has 1 aromatic carbocycles. The van der Waals surface area contributed by atoms with Crippen LogP contribution in [0.25, 0.3) is 0 Å². The Hall–Kier alpha value is -1.85. The van der Waals surface area contributed by atoms with Gasteiger partial charge in [-0.15, -0.1) is 0 Å². The van der Waals surface area contributed by atoms with E-state index in [1.54, 1.807) is 6.07 Å². The minimum atomic E-state index is -0.241. The standard InChI is InChI=1S/C13H14ClN3O2/c14-12-4-2-1-3-10(12)9-17-13(18)7-11(8-16-17)19-6-5-15/h1-4,7-8H,5-6,9,15H2. The molecule has 0 bridgehead atoms. The van der Waals surface area contributed by atoms with E-state index in [4.69, 9.17) is 22.1 Å². The molecule has 0 saturated heterocycles. The van der Waals surface area contributed by atoms with Crippen LogP contribution in [-0.4, -0.2) is 22.9 Å². The van der Waals surface area contributed by atoms with Gasteiger partial charge >= 0.3 is 0 Å². The number of aromatic nitrogens is 2. The van der Waals surface area contributed by atoms with Gasteiger partial charge < -0.3 is 10.5 Å². The zero-order valence-electron chi connectivity index (χ0n) is 10.3. The van der Waals surface area contributed by atoms with Gasteiger partial charge in [0.2, 0.25) is 0 Å². The largest absolute Gasteiger partial charge is 0.490 e. The van der Waals surface area contributed by atoms with Gasteiger partial charge in [0.15, 0.2) is 0 Å². The highest BCUT2D eigenvalue weighted by Crippen LogP contribution is 2.15. The molecule has 5 nitrogen and oxygen atoms in total. The van der Waals surface area contributed by atoms with Gasteiger partial charge in [0.1, 0.15) is 12.4 Å². The summed E-state index contributed by atoms with van der Waals surface area (Å²) in [6, 6.07) is 8.73. The molecule has 0 saturated carbocycles. The fourth-order valence-corrected chi connectivity index (χ4v) is 1.77. The first-order valence-electron chi connectivity index (χ1n) is 5.84. The molecule has 0 radical (unpaired) electrons. The maximum atomic E-state index is 11.9. The number of ether oxygens (including phenoxy) is 1. The Morgan fingerprint density at radius 1 is 1.37 bits per heavy atom. The second-order valence-corrected chi connectivity index (χ2v) is 4.32. The minimum Gasteiger partial charge on any atom is -0.490 e. The first-order chi connectivity index (χ1) is 9.20. The van der Waals surface area contributed by atoms with Crippen molar-refractivity contribution in [3.63, 3.8) is 0 Å². The number of rotatable bonds is 5. The monoisotopic (exact) mass is 279 g/mol. The fourth-order valence-electron chi connectivity index (χ4n) is 1.58. The molecule has 1 aromatic heterocycles. The van der Waals surface area contributed by atoms with Crippen molar-refractivity contribution in [1.82, 2.24) is 9.78 Å². The predicted molar refractivity (Wildman–Crippen MR) is 73.6 cm³/mol. The van der Waals surface area contributed by atoms with Crippen molar-refractivity contribution in [2.75, 3.05) is 13.2 Å². The van der Waals surface area contributed by atoms with E-state index in [0.29, 0.717) is 30.5 Å². The molecule has 6 heteroatoms. The molecule has 2 N–H and O–H groups in total. The van der Waals surface area contributed by atoms with Crippen molar-refractivity contribution < 1.29 is 4.74 Å². The van der Waals surface area contributed by atoms with Crippen LogP contribution in [-0.2, 0) is 6.54 Å². The molecule has 1 heterocycles. The molecule has 100 valence electrons. The zero-order valence-corrected chi connectivity index (χ0v) is 11.0. The van der Waals surface area contributed by atoms with E-state index >= 15 is 0 Å². The average Bonchev–Trinajstić information content (AvgIpc) is 2.41. The van der Waals surface area contributed by atoms with Gasteiger partial charge in [-0.3, -0.25) is 4.79 Å². The van der Waals surface area contributed by atoms with Crippen LogP contribution in [0.5, 0.6) is 5.75 Å². The Bertz CT molecular complexity index is 613. The van der Waals surface area contributed by atoms with Crippen LogP contribution in [0.3, 0.4) is 0 Å². The van der Waals surface area contributed by atoms with E-state index in [1.807, 2.05) is 18.2 Å². The summed E-state index contributed by atoms with van der Waals surface area (Å²) < 4.78 is 6.57. The van der Waals surface area contributed by atoms with Gasteiger partial charge in [-0.2, -0.15) is 5.10 Å². The molecule has 2 rings (SSSR count). The molecule has 2 aromatic rings. The van der Waals surface area contributed by atoms with Gasteiger partial charge in [0.25, 0.3) is 5.56 Å². The number of nitrogens with zero attached hydrogens (tertiary/aromatic N) is 2. The van der Waals surface area contributed by atoms with Gasteiger partial charge in [-0.1, -0.05) is 29.8 Å². The zero-order chi connectivity index (χ0) is 13.7. The fraction of sp³-hybridized carbons (Fsp3) is 0.231. The maximum absolute atomic E-state index is 11.9. The highest BCUT2D eigenvalue weighted by molar-refractivity contribution is 6.31. The molecule has 0 aliphatic rings. The summed E-state index contributed by atoms with van der Waals surface area (Å²) in [5.74, 6) is 0.422. The third-order valence-corrected chi connectivity index (χ3v) is 2.88. The highest BCUT2D eigenvalue weighted by Gasteiger charge is 2.04. The van der Waals surface area contributed by atoms with E-state index in [2.05, 4.69) is 5.10 Å². The smallest absolute Gasteiger partial charge is 0.270 e. The topological polar surface area (TPSA) is 70.1 Å². The van der Waals surface area contributed by atoms with Crippen molar-refractivity contribution in [2.24, 2.45) is 5.73 Å². The lowest BCUT2D eigenvalue weighted by Crippen LogP contribution is -2.23. The first kappa shape index (κ1) is 13.6. The Morgan fingerprint density at radius 3 is 2.84 bits per heavy atom. The summed E-state index contributed by atoms with van der Waals surface area (Å²) in [7, 11) is 0. The SMILES string of the molecule is NCCOc1cnn(Cc2ccccc2Cl)c(=O)c1. The van der Waals surface area contributed by atoms with E-state index in [0.717, 1.165) is 5.56 Å². The molecule has 19 heavy (non-hydrogen) atoms. The molecule has 0 amide bonds. The number of nitrogens with two attached hydrogens (primary N) is 1. The summed E-state index contributed by atoms with van der Waals surface area (Å²) >= 11 is 6.04. The molecular formula is C13H14ClN3O2. The van der Waals surface area contributed by atoms with E-state index in [9.17, 15) is 4.79 Å². The first-order valence-corrected chi connectivity index (χ1v) is 6.22. The molecule has 0 fully saturated rings. The van der Waals surface area contributed by atoms with Crippen LogP contribution >= 0.6 is 11.6 Å². The van der Waals surface area contributed by atoms with E-state index in [-0.39, 0.29) is 5.56 Å². The van der Waals surface area contributed by atoms with Crippen LogP contribution in [0.4, 0.5) is 0 Å². The van der Waals surface area contributed by atoms with Gasteiger partial charge in [0.05, 0.1) is 12.7 Å². The van der Waals surface area contributed by atoms with Gasteiger partial charge in [-0.05, 0) is 11.6 Å². The van der Waals surface area contributed by atoms with Crippen molar-refractivity contribution in [3.05, 3.63) is 57.5 Å². The van der Waals surface area contributed by atoms with Crippen molar-refractivity contribution in [2.45, 2.75) is 6.54 Å². The average molecular weight is 280 g/mol. The van der Waals surface area contributed by atoms with Crippen LogP contribution in [0.2, 0.25) is 5.02 Å². The third kappa shape index (κ3) is 3.56. The van der Waals surface area contributed by atoms with Crippen LogP contribution in [0.15, 0.2) is 41.3 Å². The molecule has 0 spiro atoms. The van der Waals surface area contributed by atoms with Crippen molar-refractivity contribution in [1.29, 1.82) is 0 Å². The number of hydrogen-bond donors (Lipinski definition) is 1. The molecule has 0 unspecified atom stereocenters.